The van der Waals surface area contributed by atoms with Gasteiger partial charge in [0.25, 0.3) is 5.91 Å². The second kappa shape index (κ2) is 12.2. The first-order chi connectivity index (χ1) is 16.0. The summed E-state index contributed by atoms with van der Waals surface area (Å²) in [4.78, 5) is 45.5. The maximum atomic E-state index is 13.0. The van der Waals surface area contributed by atoms with Crippen molar-refractivity contribution in [2.75, 3.05) is 12.4 Å². The lowest BCUT2D eigenvalue weighted by molar-refractivity contribution is -0.118. The van der Waals surface area contributed by atoms with Gasteiger partial charge in [-0.25, -0.2) is 4.98 Å². The number of Topliss-reactive ketones (excluding diaryl/α,β-unsaturated/α-hetero) is 1. The summed E-state index contributed by atoms with van der Waals surface area (Å²) in [7, 11) is 1.61. The van der Waals surface area contributed by atoms with Gasteiger partial charge in [-0.05, 0) is 44.0 Å². The van der Waals surface area contributed by atoms with Gasteiger partial charge in [0.05, 0.1) is 24.5 Å². The molecule has 3 rings (SSSR count). The Labute approximate surface area is 200 Å². The maximum Gasteiger partial charge on any atom is 0.263 e. The van der Waals surface area contributed by atoms with E-state index in [0.29, 0.717) is 29.3 Å². The molecule has 0 unspecified atom stereocenters. The maximum absolute atomic E-state index is 13.0. The zero-order chi connectivity index (χ0) is 23.6. The van der Waals surface area contributed by atoms with Gasteiger partial charge in [0.15, 0.2) is 5.13 Å². The van der Waals surface area contributed by atoms with Gasteiger partial charge in [-0.1, -0.05) is 12.8 Å². The number of thiazole rings is 2. The number of rotatable bonds is 12. The SMILES string of the molecule is COc1ccc(-c2csc(NC(=O)[C@H](CCCCCC(C)=O)NC(=O)c3cncs3)n2)cc1. The number of hydrogen-bond acceptors (Lipinski definition) is 8. The van der Waals surface area contributed by atoms with Gasteiger partial charge >= 0.3 is 0 Å². The predicted octanol–water partition coefficient (Wildman–Crippen LogP) is 4.55. The van der Waals surface area contributed by atoms with E-state index in [9.17, 15) is 14.4 Å². The van der Waals surface area contributed by atoms with Crippen molar-refractivity contribution < 1.29 is 19.1 Å². The van der Waals surface area contributed by atoms with Crippen molar-refractivity contribution in [2.24, 2.45) is 0 Å². The number of carbonyl (C=O) groups is 3. The average Bonchev–Trinajstić information content (AvgIpc) is 3.50. The lowest BCUT2D eigenvalue weighted by Crippen LogP contribution is -2.43. The number of anilines is 1. The Balaban J connectivity index is 1.63. The number of benzene rings is 1. The molecule has 3 aromatic rings. The Hall–Kier alpha value is -3.11. The lowest BCUT2D eigenvalue weighted by atomic mass is 10.1. The zero-order valence-electron chi connectivity index (χ0n) is 18.5. The molecule has 0 saturated heterocycles. The highest BCUT2D eigenvalue weighted by molar-refractivity contribution is 7.14. The van der Waals surface area contributed by atoms with Crippen molar-refractivity contribution in [3.05, 3.63) is 46.2 Å². The number of unbranched alkanes of at least 4 members (excludes halogenated alkanes) is 2. The highest BCUT2D eigenvalue weighted by Crippen LogP contribution is 2.26. The van der Waals surface area contributed by atoms with E-state index in [1.807, 2.05) is 29.6 Å². The van der Waals surface area contributed by atoms with Crippen molar-refractivity contribution in [3.63, 3.8) is 0 Å². The molecule has 0 bridgehead atoms. The van der Waals surface area contributed by atoms with E-state index in [2.05, 4.69) is 20.6 Å². The minimum absolute atomic E-state index is 0.152. The topological polar surface area (TPSA) is 110 Å². The number of ether oxygens (including phenoxy) is 1. The molecular weight excluding hydrogens is 460 g/mol. The summed E-state index contributed by atoms with van der Waals surface area (Å²) in [6, 6.07) is 6.79. The molecule has 0 saturated carbocycles. The van der Waals surface area contributed by atoms with Gasteiger partial charge in [-0.3, -0.25) is 14.6 Å². The molecule has 0 aliphatic carbocycles. The largest absolute Gasteiger partial charge is 0.497 e. The van der Waals surface area contributed by atoms with Gasteiger partial charge in [-0.2, -0.15) is 0 Å². The third-order valence-electron chi connectivity index (χ3n) is 4.92. The summed E-state index contributed by atoms with van der Waals surface area (Å²) in [5, 5.41) is 7.96. The van der Waals surface area contributed by atoms with Crippen LogP contribution < -0.4 is 15.4 Å². The third-order valence-corrected chi connectivity index (χ3v) is 6.45. The fourth-order valence-electron chi connectivity index (χ4n) is 3.14. The molecule has 0 aliphatic rings. The Kier molecular flexibility index (Phi) is 9.08. The van der Waals surface area contributed by atoms with Crippen LogP contribution in [0.3, 0.4) is 0 Å². The molecule has 2 heterocycles. The first-order valence-electron chi connectivity index (χ1n) is 10.6. The van der Waals surface area contributed by atoms with Crippen molar-refractivity contribution in [3.8, 4) is 17.0 Å². The number of ketones is 1. The van der Waals surface area contributed by atoms with E-state index in [1.54, 1.807) is 19.5 Å². The molecule has 0 spiro atoms. The summed E-state index contributed by atoms with van der Waals surface area (Å²) in [6.45, 7) is 1.57. The van der Waals surface area contributed by atoms with Crippen LogP contribution in [0.5, 0.6) is 5.75 Å². The fraction of sp³-hybridized carbons (Fsp3) is 0.348. The zero-order valence-corrected chi connectivity index (χ0v) is 20.1. The second-order valence-electron chi connectivity index (χ2n) is 7.45. The number of hydrogen-bond donors (Lipinski definition) is 2. The molecule has 2 N–H and O–H groups in total. The van der Waals surface area contributed by atoms with Crippen LogP contribution >= 0.6 is 22.7 Å². The second-order valence-corrected chi connectivity index (χ2v) is 9.19. The van der Waals surface area contributed by atoms with Crippen molar-refractivity contribution in [2.45, 2.75) is 45.1 Å². The van der Waals surface area contributed by atoms with Crippen molar-refractivity contribution >= 4 is 45.4 Å². The summed E-state index contributed by atoms with van der Waals surface area (Å²) >= 11 is 2.54. The minimum atomic E-state index is -0.717. The molecule has 1 atom stereocenters. The molecule has 33 heavy (non-hydrogen) atoms. The van der Waals surface area contributed by atoms with Crippen LogP contribution in [0, 0.1) is 0 Å². The molecule has 2 aromatic heterocycles. The quantitative estimate of drug-likeness (QED) is 0.363. The molecule has 174 valence electrons. The van der Waals surface area contributed by atoms with E-state index in [-0.39, 0.29) is 17.6 Å². The molecule has 8 nitrogen and oxygen atoms in total. The number of nitrogens with zero attached hydrogens (tertiary/aromatic N) is 2. The average molecular weight is 487 g/mol. The van der Waals surface area contributed by atoms with Crippen LogP contribution in [0.4, 0.5) is 5.13 Å². The molecule has 1 aromatic carbocycles. The molecule has 0 aliphatic heterocycles. The van der Waals surface area contributed by atoms with Crippen LogP contribution in [0.1, 0.15) is 48.7 Å². The van der Waals surface area contributed by atoms with E-state index in [0.717, 1.165) is 29.8 Å². The van der Waals surface area contributed by atoms with E-state index in [4.69, 9.17) is 4.74 Å². The number of amides is 2. The molecular formula is C23H26N4O4S2. The molecule has 2 amide bonds. The van der Waals surface area contributed by atoms with Crippen LogP contribution in [0.2, 0.25) is 0 Å². The summed E-state index contributed by atoms with van der Waals surface area (Å²) in [5.74, 6) is 0.249. The van der Waals surface area contributed by atoms with Gasteiger partial charge in [0.1, 0.15) is 22.5 Å². The smallest absolute Gasteiger partial charge is 0.263 e. The standard InChI is InChI=1S/C23H26N4O4S2/c1-15(28)6-4-3-5-7-18(25-22(30)20-12-24-14-33-20)21(29)27-23-26-19(13-32-23)16-8-10-17(31-2)11-9-16/h8-14,18H,3-7H2,1-2H3,(H,25,30)(H,26,27,29)/t18-/m0/s1. The van der Waals surface area contributed by atoms with Gasteiger partial charge in [0, 0.05) is 17.4 Å². The number of aromatic nitrogens is 2. The van der Waals surface area contributed by atoms with Crippen LogP contribution in [-0.2, 0) is 9.59 Å². The highest BCUT2D eigenvalue weighted by atomic mass is 32.1. The number of methoxy groups -OCH3 is 1. The van der Waals surface area contributed by atoms with Crippen molar-refractivity contribution in [1.29, 1.82) is 0 Å². The van der Waals surface area contributed by atoms with Crippen LogP contribution in [-0.4, -0.2) is 40.7 Å². The first kappa shape index (κ1) is 24.5. The summed E-state index contributed by atoms with van der Waals surface area (Å²) < 4.78 is 5.18. The van der Waals surface area contributed by atoms with E-state index in [1.165, 1.54) is 28.9 Å². The number of nitrogens with one attached hydrogen (secondary N) is 2. The Morgan fingerprint density at radius 2 is 1.88 bits per heavy atom. The van der Waals surface area contributed by atoms with Crippen LogP contribution in [0.15, 0.2) is 41.4 Å². The van der Waals surface area contributed by atoms with Gasteiger partial charge in [0.2, 0.25) is 5.91 Å². The molecule has 0 fully saturated rings. The van der Waals surface area contributed by atoms with Gasteiger partial charge < -0.3 is 20.2 Å². The van der Waals surface area contributed by atoms with Gasteiger partial charge in [-0.15, -0.1) is 22.7 Å². The molecule has 0 radical (unpaired) electrons. The monoisotopic (exact) mass is 486 g/mol. The summed E-state index contributed by atoms with van der Waals surface area (Å²) in [6.07, 6.45) is 4.75. The minimum Gasteiger partial charge on any atom is -0.497 e. The summed E-state index contributed by atoms with van der Waals surface area (Å²) in [5.41, 5.74) is 3.22. The predicted molar refractivity (Wildman–Crippen MR) is 130 cm³/mol. The number of carbonyl (C=O) groups excluding carboxylic acids is 3. The highest BCUT2D eigenvalue weighted by Gasteiger charge is 2.23. The normalized spacial score (nSPS) is 11.6. The molecule has 10 heteroatoms. The lowest BCUT2D eigenvalue weighted by Gasteiger charge is -2.17. The first-order valence-corrected chi connectivity index (χ1v) is 12.3. The third kappa shape index (κ3) is 7.47. The fourth-order valence-corrected chi connectivity index (χ4v) is 4.39. The van der Waals surface area contributed by atoms with E-state index >= 15 is 0 Å². The van der Waals surface area contributed by atoms with E-state index < -0.39 is 6.04 Å². The Bertz CT molecular complexity index is 1060. The van der Waals surface area contributed by atoms with Crippen molar-refractivity contribution in [1.82, 2.24) is 15.3 Å². The Morgan fingerprint density at radius 1 is 1.09 bits per heavy atom. The van der Waals surface area contributed by atoms with Crippen LogP contribution in [0.25, 0.3) is 11.3 Å². The Morgan fingerprint density at radius 3 is 2.55 bits per heavy atom.